The van der Waals surface area contributed by atoms with Crippen molar-refractivity contribution >= 4 is 17.5 Å². The first kappa shape index (κ1) is 14.4. The van der Waals surface area contributed by atoms with Gasteiger partial charge in [0.05, 0.1) is 18.2 Å². The number of carbonyl (C=O) groups is 2. The van der Waals surface area contributed by atoms with Crippen molar-refractivity contribution < 1.29 is 9.59 Å². The molecule has 5 nitrogen and oxygen atoms in total. The van der Waals surface area contributed by atoms with Gasteiger partial charge in [-0.1, -0.05) is 32.0 Å². The van der Waals surface area contributed by atoms with Gasteiger partial charge in [0.25, 0.3) is 0 Å². The number of carbonyl (C=O) groups excluding carboxylic acids is 2. The van der Waals surface area contributed by atoms with E-state index in [0.717, 1.165) is 5.69 Å². The van der Waals surface area contributed by atoms with Gasteiger partial charge in [-0.3, -0.25) is 20.0 Å². The molecule has 1 heterocycles. The number of benzene rings is 1. The van der Waals surface area contributed by atoms with Crippen LogP contribution in [0.2, 0.25) is 0 Å². The topological polar surface area (TPSA) is 61.4 Å². The number of rotatable bonds is 5. The average Bonchev–Trinajstić information content (AvgIpc) is 2.79. The Morgan fingerprint density at radius 2 is 2.05 bits per heavy atom. The fourth-order valence-electron chi connectivity index (χ4n) is 2.11. The number of nitrogens with zero attached hydrogens (tertiary/aromatic N) is 1. The predicted octanol–water partition coefficient (Wildman–Crippen LogP) is 1.63. The lowest BCUT2D eigenvalue weighted by Gasteiger charge is -2.19. The van der Waals surface area contributed by atoms with Crippen molar-refractivity contribution in [2.75, 3.05) is 18.5 Å². The third-order valence-electron chi connectivity index (χ3n) is 3.22. The lowest BCUT2D eigenvalue weighted by Crippen LogP contribution is -2.36. The van der Waals surface area contributed by atoms with Gasteiger partial charge in [-0.15, -0.1) is 0 Å². The van der Waals surface area contributed by atoms with E-state index in [4.69, 9.17) is 0 Å². The van der Waals surface area contributed by atoms with E-state index in [1.165, 1.54) is 5.01 Å². The van der Waals surface area contributed by atoms with E-state index < -0.39 is 0 Å². The standard InChI is InChI=1S/C15H21N3O2/c1-11(2)9-16-15(20)12-8-14(19)18(10-12)17-13-6-4-3-5-7-13/h3-7,11-12,17H,8-10H2,1-2H3,(H,16,20)/t12-/m0/s1. The number of hydrogen-bond donors (Lipinski definition) is 2. The van der Waals surface area contributed by atoms with E-state index in [-0.39, 0.29) is 24.2 Å². The van der Waals surface area contributed by atoms with Crippen LogP contribution in [0.3, 0.4) is 0 Å². The molecule has 0 aromatic heterocycles. The Balaban J connectivity index is 1.89. The lowest BCUT2D eigenvalue weighted by molar-refractivity contribution is -0.128. The highest BCUT2D eigenvalue weighted by Gasteiger charge is 2.34. The Morgan fingerprint density at radius 1 is 1.35 bits per heavy atom. The van der Waals surface area contributed by atoms with Crippen LogP contribution in [0.4, 0.5) is 5.69 Å². The van der Waals surface area contributed by atoms with Gasteiger partial charge in [-0.05, 0) is 18.1 Å². The van der Waals surface area contributed by atoms with E-state index in [1.54, 1.807) is 0 Å². The van der Waals surface area contributed by atoms with Crippen molar-refractivity contribution in [2.24, 2.45) is 11.8 Å². The minimum atomic E-state index is -0.266. The quantitative estimate of drug-likeness (QED) is 0.858. The summed E-state index contributed by atoms with van der Waals surface area (Å²) in [5.74, 6) is 0.0648. The van der Waals surface area contributed by atoms with E-state index >= 15 is 0 Å². The molecule has 0 spiro atoms. The van der Waals surface area contributed by atoms with Crippen LogP contribution in [0, 0.1) is 11.8 Å². The van der Waals surface area contributed by atoms with E-state index in [9.17, 15) is 9.59 Å². The van der Waals surface area contributed by atoms with Crippen LogP contribution in [0.5, 0.6) is 0 Å². The second-order valence-corrected chi connectivity index (χ2v) is 5.52. The summed E-state index contributed by atoms with van der Waals surface area (Å²) in [7, 11) is 0. The van der Waals surface area contributed by atoms with Gasteiger partial charge in [-0.2, -0.15) is 0 Å². The van der Waals surface area contributed by atoms with Gasteiger partial charge >= 0.3 is 0 Å². The minimum Gasteiger partial charge on any atom is -0.356 e. The first-order valence-corrected chi connectivity index (χ1v) is 6.96. The first-order chi connectivity index (χ1) is 9.56. The molecule has 2 rings (SSSR count). The van der Waals surface area contributed by atoms with Gasteiger partial charge in [0, 0.05) is 13.0 Å². The van der Waals surface area contributed by atoms with Gasteiger partial charge in [0.2, 0.25) is 11.8 Å². The molecule has 1 aromatic rings. The molecular weight excluding hydrogens is 254 g/mol. The molecule has 2 amide bonds. The fourth-order valence-corrected chi connectivity index (χ4v) is 2.11. The molecule has 2 N–H and O–H groups in total. The van der Waals surface area contributed by atoms with Crippen molar-refractivity contribution in [1.82, 2.24) is 10.3 Å². The van der Waals surface area contributed by atoms with Crippen LogP contribution in [0.1, 0.15) is 20.3 Å². The van der Waals surface area contributed by atoms with Crippen LogP contribution in [-0.2, 0) is 9.59 Å². The molecule has 1 fully saturated rings. The molecule has 5 heteroatoms. The van der Waals surface area contributed by atoms with Gasteiger partial charge in [-0.25, -0.2) is 0 Å². The zero-order chi connectivity index (χ0) is 14.5. The maximum atomic E-state index is 12.0. The van der Waals surface area contributed by atoms with Crippen molar-refractivity contribution in [3.63, 3.8) is 0 Å². The summed E-state index contributed by atoms with van der Waals surface area (Å²) in [6.07, 6.45) is 0.268. The Morgan fingerprint density at radius 3 is 2.70 bits per heavy atom. The number of anilines is 1. The Labute approximate surface area is 119 Å². The molecule has 1 saturated heterocycles. The molecule has 1 atom stereocenters. The van der Waals surface area contributed by atoms with E-state index in [0.29, 0.717) is 19.0 Å². The second-order valence-electron chi connectivity index (χ2n) is 5.52. The molecule has 0 bridgehead atoms. The third kappa shape index (κ3) is 3.73. The number of hydrogen-bond acceptors (Lipinski definition) is 3. The van der Waals surface area contributed by atoms with E-state index in [1.807, 2.05) is 44.2 Å². The van der Waals surface area contributed by atoms with Crippen molar-refractivity contribution in [2.45, 2.75) is 20.3 Å². The molecule has 108 valence electrons. The van der Waals surface area contributed by atoms with Crippen LogP contribution >= 0.6 is 0 Å². The van der Waals surface area contributed by atoms with Crippen molar-refractivity contribution in [1.29, 1.82) is 0 Å². The molecule has 20 heavy (non-hydrogen) atoms. The van der Waals surface area contributed by atoms with Crippen molar-refractivity contribution in [3.8, 4) is 0 Å². The summed E-state index contributed by atoms with van der Waals surface area (Å²) < 4.78 is 0. The maximum Gasteiger partial charge on any atom is 0.241 e. The second kappa shape index (κ2) is 6.41. The highest BCUT2D eigenvalue weighted by atomic mass is 16.2. The maximum absolute atomic E-state index is 12.0. The summed E-state index contributed by atoms with van der Waals surface area (Å²) in [4.78, 5) is 23.9. The van der Waals surface area contributed by atoms with Crippen LogP contribution in [0.25, 0.3) is 0 Å². The summed E-state index contributed by atoms with van der Waals surface area (Å²) in [6.45, 7) is 5.15. The molecule has 0 unspecified atom stereocenters. The van der Waals surface area contributed by atoms with E-state index in [2.05, 4.69) is 10.7 Å². The molecule has 0 aliphatic carbocycles. The molecule has 0 radical (unpaired) electrons. The SMILES string of the molecule is CC(C)CNC(=O)[C@H]1CC(=O)N(Nc2ccccc2)C1. The molecule has 1 aromatic carbocycles. The average molecular weight is 275 g/mol. The van der Waals surface area contributed by atoms with Gasteiger partial charge in [0.15, 0.2) is 0 Å². The molecule has 1 aliphatic rings. The third-order valence-corrected chi connectivity index (χ3v) is 3.22. The summed E-state index contributed by atoms with van der Waals surface area (Å²) in [5.41, 5.74) is 3.90. The highest BCUT2D eigenvalue weighted by Crippen LogP contribution is 2.19. The predicted molar refractivity (Wildman–Crippen MR) is 77.7 cm³/mol. The minimum absolute atomic E-state index is 0.0376. The van der Waals surface area contributed by atoms with Crippen LogP contribution < -0.4 is 10.7 Å². The number of para-hydroxylation sites is 1. The monoisotopic (exact) mass is 275 g/mol. The molecular formula is C15H21N3O2. The largest absolute Gasteiger partial charge is 0.356 e. The lowest BCUT2D eigenvalue weighted by atomic mass is 10.1. The highest BCUT2D eigenvalue weighted by molar-refractivity contribution is 5.89. The van der Waals surface area contributed by atoms with Crippen LogP contribution in [0.15, 0.2) is 30.3 Å². The first-order valence-electron chi connectivity index (χ1n) is 6.96. The Kier molecular flexibility index (Phi) is 4.61. The Hall–Kier alpha value is -2.04. The van der Waals surface area contributed by atoms with Crippen LogP contribution in [-0.4, -0.2) is 29.9 Å². The number of nitrogens with one attached hydrogen (secondary N) is 2. The molecule has 0 saturated carbocycles. The number of hydrazine groups is 1. The molecule has 1 aliphatic heterocycles. The normalized spacial score (nSPS) is 18.4. The Bertz CT molecular complexity index is 473. The van der Waals surface area contributed by atoms with Crippen molar-refractivity contribution in [3.05, 3.63) is 30.3 Å². The zero-order valence-corrected chi connectivity index (χ0v) is 11.9. The smallest absolute Gasteiger partial charge is 0.241 e. The van der Waals surface area contributed by atoms with Gasteiger partial charge in [0.1, 0.15) is 0 Å². The zero-order valence-electron chi connectivity index (χ0n) is 11.9. The van der Waals surface area contributed by atoms with Gasteiger partial charge < -0.3 is 5.32 Å². The fraction of sp³-hybridized carbons (Fsp3) is 0.467. The number of amides is 2. The summed E-state index contributed by atoms with van der Waals surface area (Å²) in [6, 6.07) is 9.49. The summed E-state index contributed by atoms with van der Waals surface area (Å²) in [5, 5.41) is 4.41. The summed E-state index contributed by atoms with van der Waals surface area (Å²) >= 11 is 0.